The van der Waals surface area contributed by atoms with Gasteiger partial charge in [0.15, 0.2) is 5.82 Å². The van der Waals surface area contributed by atoms with Crippen LogP contribution in [0.2, 0.25) is 0 Å². The van der Waals surface area contributed by atoms with Crippen LogP contribution in [-0.4, -0.2) is 51.6 Å². The van der Waals surface area contributed by atoms with Crippen molar-refractivity contribution >= 4 is 17.7 Å². The van der Waals surface area contributed by atoms with Crippen LogP contribution in [0.5, 0.6) is 5.75 Å². The maximum Gasteiger partial charge on any atom is 0.233 e. The average Bonchev–Trinajstić information content (AvgIpc) is 2.99. The zero-order chi connectivity index (χ0) is 20.0. The maximum atomic E-state index is 12.6. The summed E-state index contributed by atoms with van der Waals surface area (Å²) in [7, 11) is 1.62. The van der Waals surface area contributed by atoms with Crippen LogP contribution in [0.4, 0.5) is 0 Å². The first kappa shape index (κ1) is 21.1. The second-order valence-electron chi connectivity index (χ2n) is 7.28. The molecule has 0 fully saturated rings. The van der Waals surface area contributed by atoms with Crippen molar-refractivity contribution in [1.82, 2.24) is 19.8 Å². The molecule has 1 aromatic carbocycles. The average molecular weight is 392 g/mol. The normalized spacial score (nSPS) is 11.2. The molecule has 0 atom stereocenters. The zero-order valence-corrected chi connectivity index (χ0v) is 17.5. The molecule has 0 unspecified atom stereocenters. The van der Waals surface area contributed by atoms with Gasteiger partial charge < -0.3 is 15.5 Å². The van der Waals surface area contributed by atoms with Crippen molar-refractivity contribution < 1.29 is 9.53 Å². The Morgan fingerprint density at radius 2 is 1.74 bits per heavy atom. The number of nitrogen functional groups attached to an aromatic ring is 1. The Bertz CT molecular complexity index is 733. The lowest BCUT2D eigenvalue weighted by Crippen LogP contribution is -2.38. The third-order valence-corrected chi connectivity index (χ3v) is 4.79. The molecule has 0 bridgehead atoms. The number of hydrogen-bond donors (Lipinski definition) is 1. The number of nitrogens with zero attached hydrogens (tertiary/aromatic N) is 4. The number of amides is 1. The lowest BCUT2D eigenvalue weighted by atomic mass is 10.1. The van der Waals surface area contributed by atoms with E-state index in [0.29, 0.717) is 22.8 Å². The molecule has 0 saturated carbocycles. The van der Waals surface area contributed by atoms with E-state index in [1.54, 1.807) is 7.11 Å². The molecule has 27 heavy (non-hydrogen) atoms. The minimum atomic E-state index is 0.0939. The fourth-order valence-electron chi connectivity index (χ4n) is 2.69. The summed E-state index contributed by atoms with van der Waals surface area (Å²) >= 11 is 1.31. The van der Waals surface area contributed by atoms with Crippen LogP contribution in [-0.2, 0) is 4.79 Å². The van der Waals surface area contributed by atoms with Crippen LogP contribution in [0.3, 0.4) is 0 Å². The highest BCUT2D eigenvalue weighted by Crippen LogP contribution is 2.24. The van der Waals surface area contributed by atoms with Crippen LogP contribution in [0.1, 0.15) is 27.7 Å². The Morgan fingerprint density at radius 1 is 1.15 bits per heavy atom. The Kier molecular flexibility index (Phi) is 7.53. The fraction of sp³-hybridized carbons (Fsp3) is 0.526. The number of carbonyl (C=O) groups excluding carboxylic acids is 1. The molecule has 0 aliphatic rings. The van der Waals surface area contributed by atoms with Gasteiger partial charge in [-0.25, -0.2) is 4.68 Å². The first-order valence-corrected chi connectivity index (χ1v) is 10.1. The van der Waals surface area contributed by atoms with Gasteiger partial charge in [-0.3, -0.25) is 4.79 Å². The number of carbonyl (C=O) groups is 1. The van der Waals surface area contributed by atoms with Crippen molar-refractivity contribution in [2.45, 2.75) is 32.9 Å². The molecule has 1 aromatic heterocycles. The summed E-state index contributed by atoms with van der Waals surface area (Å²) in [6.07, 6.45) is 0. The molecule has 0 radical (unpaired) electrons. The summed E-state index contributed by atoms with van der Waals surface area (Å²) in [5, 5.41) is 8.82. The van der Waals surface area contributed by atoms with Crippen LogP contribution >= 0.6 is 11.8 Å². The van der Waals surface area contributed by atoms with E-state index in [0.717, 1.165) is 24.4 Å². The van der Waals surface area contributed by atoms with E-state index in [1.165, 1.54) is 16.4 Å². The minimum absolute atomic E-state index is 0.0939. The van der Waals surface area contributed by atoms with E-state index in [-0.39, 0.29) is 11.7 Å². The van der Waals surface area contributed by atoms with Gasteiger partial charge in [0.2, 0.25) is 11.1 Å². The van der Waals surface area contributed by atoms with Crippen molar-refractivity contribution in [3.8, 4) is 17.1 Å². The van der Waals surface area contributed by atoms with Crippen LogP contribution in [0.15, 0.2) is 29.4 Å². The maximum absolute atomic E-state index is 12.6. The quantitative estimate of drug-likeness (QED) is 0.522. The topological polar surface area (TPSA) is 86.3 Å². The van der Waals surface area contributed by atoms with Crippen molar-refractivity contribution in [2.24, 2.45) is 11.8 Å². The van der Waals surface area contributed by atoms with E-state index in [4.69, 9.17) is 10.6 Å². The van der Waals surface area contributed by atoms with E-state index in [9.17, 15) is 4.79 Å². The van der Waals surface area contributed by atoms with Gasteiger partial charge in [-0.15, -0.1) is 10.2 Å². The van der Waals surface area contributed by atoms with Gasteiger partial charge in [-0.05, 0) is 36.1 Å². The standard InChI is InChI=1S/C19H29N5O2S/c1-13(2)10-23(11-14(3)4)17(25)12-27-19-22-21-18(24(19)20)15-6-8-16(26-5)9-7-15/h6-9,13-14H,10-12,20H2,1-5H3. The first-order valence-electron chi connectivity index (χ1n) is 9.07. The second kappa shape index (κ2) is 9.64. The molecule has 2 rings (SSSR count). The Hall–Kier alpha value is -2.22. The summed E-state index contributed by atoms with van der Waals surface area (Å²) < 4.78 is 6.59. The van der Waals surface area contributed by atoms with E-state index in [2.05, 4.69) is 37.9 Å². The molecule has 2 N–H and O–H groups in total. The Morgan fingerprint density at radius 3 is 2.26 bits per heavy atom. The summed E-state index contributed by atoms with van der Waals surface area (Å²) in [4.78, 5) is 14.6. The lowest BCUT2D eigenvalue weighted by molar-refractivity contribution is -0.129. The molecule has 1 heterocycles. The van der Waals surface area contributed by atoms with Gasteiger partial charge in [-0.2, -0.15) is 0 Å². The smallest absolute Gasteiger partial charge is 0.233 e. The van der Waals surface area contributed by atoms with Gasteiger partial charge in [0.1, 0.15) is 5.75 Å². The molecule has 0 aliphatic carbocycles. The molecule has 0 spiro atoms. The largest absolute Gasteiger partial charge is 0.497 e. The summed E-state index contributed by atoms with van der Waals surface area (Å²) in [6.45, 7) is 9.97. The molecule has 2 aromatic rings. The highest BCUT2D eigenvalue weighted by Gasteiger charge is 2.19. The number of aromatic nitrogens is 3. The van der Waals surface area contributed by atoms with Gasteiger partial charge >= 0.3 is 0 Å². The van der Waals surface area contributed by atoms with Crippen LogP contribution < -0.4 is 10.6 Å². The minimum Gasteiger partial charge on any atom is -0.497 e. The van der Waals surface area contributed by atoms with Gasteiger partial charge in [-0.1, -0.05) is 39.5 Å². The molecule has 1 amide bonds. The predicted octanol–water partition coefficient (Wildman–Crippen LogP) is 2.90. The SMILES string of the molecule is COc1ccc(-c2nnc(SCC(=O)N(CC(C)C)CC(C)C)n2N)cc1. The number of nitrogens with two attached hydrogens (primary N) is 1. The number of ether oxygens (including phenoxy) is 1. The van der Waals surface area contributed by atoms with E-state index >= 15 is 0 Å². The number of thioether (sulfide) groups is 1. The van der Waals surface area contributed by atoms with Crippen molar-refractivity contribution in [1.29, 1.82) is 0 Å². The Balaban J connectivity index is 2.04. The van der Waals surface area contributed by atoms with E-state index < -0.39 is 0 Å². The number of hydrogen-bond acceptors (Lipinski definition) is 6. The summed E-state index contributed by atoms with van der Waals surface area (Å²) in [5.41, 5.74) is 0.838. The van der Waals surface area contributed by atoms with Gasteiger partial charge in [0, 0.05) is 18.7 Å². The second-order valence-corrected chi connectivity index (χ2v) is 8.22. The highest BCUT2D eigenvalue weighted by atomic mass is 32.2. The fourth-order valence-corrected chi connectivity index (χ4v) is 3.45. The third-order valence-electron chi connectivity index (χ3n) is 3.86. The Labute approximate surface area is 165 Å². The molecule has 0 saturated heterocycles. The monoisotopic (exact) mass is 391 g/mol. The predicted molar refractivity (Wildman–Crippen MR) is 109 cm³/mol. The summed E-state index contributed by atoms with van der Waals surface area (Å²) in [6, 6.07) is 7.43. The lowest BCUT2D eigenvalue weighted by Gasteiger charge is -2.26. The highest BCUT2D eigenvalue weighted by molar-refractivity contribution is 7.99. The number of benzene rings is 1. The number of methoxy groups -OCH3 is 1. The molecular weight excluding hydrogens is 362 g/mol. The van der Waals surface area contributed by atoms with Crippen LogP contribution in [0, 0.1) is 11.8 Å². The molecular formula is C19H29N5O2S. The molecule has 8 heteroatoms. The van der Waals surface area contributed by atoms with Gasteiger partial charge in [0.05, 0.1) is 12.9 Å². The molecule has 0 aliphatic heterocycles. The van der Waals surface area contributed by atoms with Crippen molar-refractivity contribution in [2.75, 3.05) is 31.8 Å². The first-order chi connectivity index (χ1) is 12.8. The molecule has 7 nitrogen and oxygen atoms in total. The third kappa shape index (κ3) is 5.89. The van der Waals surface area contributed by atoms with Crippen molar-refractivity contribution in [3.05, 3.63) is 24.3 Å². The number of rotatable bonds is 9. The van der Waals surface area contributed by atoms with E-state index in [1.807, 2.05) is 29.2 Å². The van der Waals surface area contributed by atoms with Crippen molar-refractivity contribution in [3.63, 3.8) is 0 Å². The molecule has 148 valence electrons. The summed E-state index contributed by atoms with van der Waals surface area (Å²) in [5.74, 6) is 8.70. The van der Waals surface area contributed by atoms with Crippen LogP contribution in [0.25, 0.3) is 11.4 Å². The van der Waals surface area contributed by atoms with Gasteiger partial charge in [0.25, 0.3) is 0 Å². The zero-order valence-electron chi connectivity index (χ0n) is 16.7.